The number of benzene rings is 2. The van der Waals surface area contributed by atoms with Crippen molar-refractivity contribution in [2.75, 3.05) is 5.73 Å². The molecule has 19 heavy (non-hydrogen) atoms. The molecule has 0 saturated heterocycles. The number of hydrogen-bond donors (Lipinski definition) is 1. The van der Waals surface area contributed by atoms with Gasteiger partial charge in [0.15, 0.2) is 0 Å². The highest BCUT2D eigenvalue weighted by molar-refractivity contribution is 7.21. The fourth-order valence-corrected chi connectivity index (χ4v) is 3.28. The van der Waals surface area contributed by atoms with E-state index in [2.05, 4.69) is 39.0 Å². The third-order valence-corrected chi connectivity index (χ3v) is 4.53. The molecule has 2 aromatic carbocycles. The van der Waals surface area contributed by atoms with Gasteiger partial charge < -0.3 is 5.73 Å². The first-order valence-corrected chi connectivity index (χ1v) is 7.10. The standard InChI is InChI=1S/C16H16N2S/c1-9-4-5-15-14(6-9)18-16(19-15)13-8-12(17)7-10(2)11(13)3/h4-8H,17H2,1-3H3. The minimum atomic E-state index is 0.800. The van der Waals surface area contributed by atoms with Crippen LogP contribution in [-0.4, -0.2) is 4.98 Å². The summed E-state index contributed by atoms with van der Waals surface area (Å²) < 4.78 is 1.22. The zero-order chi connectivity index (χ0) is 13.6. The monoisotopic (exact) mass is 268 g/mol. The summed E-state index contributed by atoms with van der Waals surface area (Å²) in [6.45, 7) is 6.31. The van der Waals surface area contributed by atoms with E-state index >= 15 is 0 Å². The molecule has 3 rings (SSSR count). The van der Waals surface area contributed by atoms with Crippen molar-refractivity contribution in [2.45, 2.75) is 20.8 Å². The molecule has 3 heteroatoms. The van der Waals surface area contributed by atoms with Gasteiger partial charge >= 0.3 is 0 Å². The van der Waals surface area contributed by atoms with Crippen molar-refractivity contribution in [1.82, 2.24) is 4.98 Å². The Morgan fingerprint density at radius 1 is 1.05 bits per heavy atom. The van der Waals surface area contributed by atoms with E-state index in [9.17, 15) is 0 Å². The Labute approximate surface area is 116 Å². The maximum Gasteiger partial charge on any atom is 0.124 e. The van der Waals surface area contributed by atoms with Gasteiger partial charge in [-0.3, -0.25) is 0 Å². The molecule has 0 bridgehead atoms. The molecule has 0 atom stereocenters. The van der Waals surface area contributed by atoms with Crippen molar-refractivity contribution < 1.29 is 0 Å². The van der Waals surface area contributed by atoms with E-state index in [-0.39, 0.29) is 0 Å². The van der Waals surface area contributed by atoms with E-state index in [1.807, 2.05) is 12.1 Å². The first-order valence-electron chi connectivity index (χ1n) is 6.29. The van der Waals surface area contributed by atoms with Gasteiger partial charge in [0.2, 0.25) is 0 Å². The van der Waals surface area contributed by atoms with Crippen LogP contribution < -0.4 is 5.73 Å². The molecule has 0 saturated carbocycles. The van der Waals surface area contributed by atoms with Gasteiger partial charge in [0.05, 0.1) is 10.2 Å². The van der Waals surface area contributed by atoms with Crippen molar-refractivity contribution in [3.63, 3.8) is 0 Å². The number of fused-ring (bicyclic) bond motifs is 1. The van der Waals surface area contributed by atoms with Gasteiger partial charge in [-0.25, -0.2) is 4.98 Å². The SMILES string of the molecule is Cc1ccc2sc(-c3cc(N)cc(C)c3C)nc2c1. The van der Waals surface area contributed by atoms with Crippen molar-refractivity contribution in [2.24, 2.45) is 0 Å². The molecule has 2 N–H and O–H groups in total. The predicted molar refractivity (Wildman–Crippen MR) is 83.7 cm³/mol. The van der Waals surface area contributed by atoms with Crippen LogP contribution in [0.3, 0.4) is 0 Å². The zero-order valence-electron chi connectivity index (χ0n) is 11.3. The van der Waals surface area contributed by atoms with Crippen molar-refractivity contribution >= 4 is 27.2 Å². The second-order valence-electron chi connectivity index (χ2n) is 5.00. The average molecular weight is 268 g/mol. The van der Waals surface area contributed by atoms with Gasteiger partial charge in [0.1, 0.15) is 5.01 Å². The highest BCUT2D eigenvalue weighted by atomic mass is 32.1. The molecule has 0 unspecified atom stereocenters. The molecule has 0 spiro atoms. The molecule has 0 amide bonds. The van der Waals surface area contributed by atoms with Crippen LogP contribution in [0.25, 0.3) is 20.8 Å². The Morgan fingerprint density at radius 2 is 1.84 bits per heavy atom. The van der Waals surface area contributed by atoms with E-state index in [1.165, 1.54) is 21.4 Å². The molecule has 0 aliphatic carbocycles. The molecule has 0 aliphatic rings. The number of rotatable bonds is 1. The Kier molecular flexibility index (Phi) is 2.79. The molecular weight excluding hydrogens is 252 g/mol. The molecule has 1 heterocycles. The quantitative estimate of drug-likeness (QED) is 0.661. The lowest BCUT2D eigenvalue weighted by molar-refractivity contribution is 1.33. The van der Waals surface area contributed by atoms with Gasteiger partial charge in [-0.15, -0.1) is 11.3 Å². The predicted octanol–water partition coefficient (Wildman–Crippen LogP) is 4.47. The van der Waals surface area contributed by atoms with Crippen molar-refractivity contribution in [1.29, 1.82) is 0 Å². The molecule has 0 radical (unpaired) electrons. The van der Waals surface area contributed by atoms with E-state index in [1.54, 1.807) is 11.3 Å². The topological polar surface area (TPSA) is 38.9 Å². The van der Waals surface area contributed by atoms with Gasteiger partial charge in [-0.1, -0.05) is 6.07 Å². The van der Waals surface area contributed by atoms with Crippen LogP contribution in [0.15, 0.2) is 30.3 Å². The highest BCUT2D eigenvalue weighted by Crippen LogP contribution is 2.34. The number of thiazole rings is 1. The first-order chi connectivity index (χ1) is 9.04. The molecule has 2 nitrogen and oxygen atoms in total. The second-order valence-corrected chi connectivity index (χ2v) is 6.03. The van der Waals surface area contributed by atoms with E-state index < -0.39 is 0 Å². The second kappa shape index (κ2) is 4.35. The summed E-state index contributed by atoms with van der Waals surface area (Å²) in [5.74, 6) is 0. The van der Waals surface area contributed by atoms with Crippen LogP contribution in [0.1, 0.15) is 16.7 Å². The third-order valence-electron chi connectivity index (χ3n) is 3.46. The maximum absolute atomic E-state index is 5.96. The summed E-state index contributed by atoms with van der Waals surface area (Å²) in [5.41, 5.74) is 12.7. The zero-order valence-corrected chi connectivity index (χ0v) is 12.1. The lowest BCUT2D eigenvalue weighted by Crippen LogP contribution is -1.92. The number of nitrogen functional groups attached to an aromatic ring is 1. The van der Waals surface area contributed by atoms with Gasteiger partial charge in [0.25, 0.3) is 0 Å². The summed E-state index contributed by atoms with van der Waals surface area (Å²) in [4.78, 5) is 4.75. The van der Waals surface area contributed by atoms with E-state index in [0.29, 0.717) is 0 Å². The largest absolute Gasteiger partial charge is 0.399 e. The first kappa shape index (κ1) is 12.2. The molecular formula is C16H16N2S. The minimum absolute atomic E-state index is 0.800. The van der Waals surface area contributed by atoms with Crippen LogP contribution in [-0.2, 0) is 0 Å². The Bertz CT molecular complexity index is 772. The molecule has 0 fully saturated rings. The van der Waals surface area contributed by atoms with Gasteiger partial charge in [0, 0.05) is 11.3 Å². The van der Waals surface area contributed by atoms with Crippen LogP contribution in [0.2, 0.25) is 0 Å². The summed E-state index contributed by atoms with van der Waals surface area (Å²) in [6, 6.07) is 10.4. The lowest BCUT2D eigenvalue weighted by atomic mass is 10.0. The Hall–Kier alpha value is -1.87. The fraction of sp³-hybridized carbons (Fsp3) is 0.188. The number of anilines is 1. The van der Waals surface area contributed by atoms with Gasteiger partial charge in [-0.05, 0) is 61.7 Å². The summed E-state index contributed by atoms with van der Waals surface area (Å²) in [6.07, 6.45) is 0. The molecule has 3 aromatic rings. The number of aromatic nitrogens is 1. The van der Waals surface area contributed by atoms with Crippen LogP contribution >= 0.6 is 11.3 Å². The Morgan fingerprint density at radius 3 is 2.63 bits per heavy atom. The summed E-state index contributed by atoms with van der Waals surface area (Å²) in [7, 11) is 0. The average Bonchev–Trinajstić information content (AvgIpc) is 2.76. The molecule has 1 aromatic heterocycles. The normalized spacial score (nSPS) is 11.1. The van der Waals surface area contributed by atoms with Gasteiger partial charge in [-0.2, -0.15) is 0 Å². The van der Waals surface area contributed by atoms with Crippen LogP contribution in [0.5, 0.6) is 0 Å². The molecule has 96 valence electrons. The van der Waals surface area contributed by atoms with E-state index in [4.69, 9.17) is 10.7 Å². The number of hydrogen-bond acceptors (Lipinski definition) is 3. The van der Waals surface area contributed by atoms with Crippen LogP contribution in [0, 0.1) is 20.8 Å². The van der Waals surface area contributed by atoms with Crippen molar-refractivity contribution in [3.05, 3.63) is 47.0 Å². The minimum Gasteiger partial charge on any atom is -0.399 e. The summed E-state index contributed by atoms with van der Waals surface area (Å²) >= 11 is 1.72. The van der Waals surface area contributed by atoms with Crippen LogP contribution in [0.4, 0.5) is 5.69 Å². The number of nitrogens with zero attached hydrogens (tertiary/aromatic N) is 1. The summed E-state index contributed by atoms with van der Waals surface area (Å²) in [5, 5.41) is 1.05. The lowest BCUT2D eigenvalue weighted by Gasteiger charge is -2.07. The smallest absolute Gasteiger partial charge is 0.124 e. The molecule has 0 aliphatic heterocycles. The van der Waals surface area contributed by atoms with Crippen molar-refractivity contribution in [3.8, 4) is 10.6 Å². The maximum atomic E-state index is 5.96. The van der Waals surface area contributed by atoms with E-state index in [0.717, 1.165) is 21.8 Å². The fourth-order valence-electron chi connectivity index (χ4n) is 2.26. The highest BCUT2D eigenvalue weighted by Gasteiger charge is 2.11. The Balaban J connectivity index is 2.24. The number of nitrogens with two attached hydrogens (primary N) is 1. The number of aryl methyl sites for hydroxylation is 2. The third kappa shape index (κ3) is 2.10.